The highest BCUT2D eigenvalue weighted by Crippen LogP contribution is 2.25. The molecule has 22 heavy (non-hydrogen) atoms. The van der Waals surface area contributed by atoms with Crippen LogP contribution in [0, 0.1) is 6.92 Å². The van der Waals surface area contributed by atoms with Crippen LogP contribution >= 0.6 is 0 Å². The van der Waals surface area contributed by atoms with Gasteiger partial charge < -0.3 is 21.9 Å². The predicted octanol–water partition coefficient (Wildman–Crippen LogP) is 2.41. The second-order valence-electron chi connectivity index (χ2n) is 5.81. The number of aryl methyl sites for hydroxylation is 1. The monoisotopic (exact) mass is 320 g/mol. The molecule has 5 nitrogen and oxygen atoms in total. The summed E-state index contributed by atoms with van der Waals surface area (Å²) in [6, 6.07) is 4.20. The zero-order valence-electron chi connectivity index (χ0n) is 13.2. The molecule has 8 heteroatoms. The van der Waals surface area contributed by atoms with Gasteiger partial charge in [-0.25, -0.2) is 4.99 Å². The molecule has 0 aliphatic carbocycles. The van der Waals surface area contributed by atoms with Crippen molar-refractivity contribution in [1.82, 2.24) is 0 Å². The number of nitrogens with zero attached hydrogens (tertiary/aromatic N) is 1. The Morgan fingerprint density at radius 1 is 1.14 bits per heavy atom. The van der Waals surface area contributed by atoms with Crippen LogP contribution in [0.15, 0.2) is 23.2 Å². The minimum atomic E-state index is -4.71. The van der Waals surface area contributed by atoms with Gasteiger partial charge in [-0.1, -0.05) is 6.07 Å². The molecule has 1 aromatic rings. The molecule has 0 aliphatic heterocycles. The van der Waals surface area contributed by atoms with Crippen LogP contribution in [0.4, 0.5) is 13.2 Å². The standard InChI is InChI=1S/C10H12F3N3O.C4H11N/c1-6-2-7(5-16-9(14)15)4-8(3-6)17-10(11,12)13;1-4(2,3)5/h2-4H,5H2,1H3,(H4,14,15,16);5H2,1-3H3. The first-order valence-electron chi connectivity index (χ1n) is 6.47. The summed E-state index contributed by atoms with van der Waals surface area (Å²) < 4.78 is 39.9. The summed E-state index contributed by atoms with van der Waals surface area (Å²) in [5, 5.41) is 0. The molecule has 1 aromatic carbocycles. The van der Waals surface area contributed by atoms with E-state index in [0.717, 1.165) is 0 Å². The molecule has 0 aromatic heterocycles. The Labute approximate surface area is 128 Å². The number of benzene rings is 1. The maximum absolute atomic E-state index is 12.0. The lowest BCUT2D eigenvalue weighted by molar-refractivity contribution is -0.274. The third kappa shape index (κ3) is 13.0. The van der Waals surface area contributed by atoms with Gasteiger partial charge in [0.15, 0.2) is 5.96 Å². The third-order valence-electron chi connectivity index (χ3n) is 1.79. The Morgan fingerprint density at radius 3 is 2.05 bits per heavy atom. The highest BCUT2D eigenvalue weighted by molar-refractivity contribution is 5.75. The van der Waals surface area contributed by atoms with Crippen LogP contribution in [0.2, 0.25) is 0 Å². The van der Waals surface area contributed by atoms with Gasteiger partial charge in [-0.15, -0.1) is 13.2 Å². The molecule has 0 unspecified atom stereocenters. The number of aliphatic imine (C=N–C) groups is 1. The average molecular weight is 320 g/mol. The van der Waals surface area contributed by atoms with Gasteiger partial charge in [0.25, 0.3) is 0 Å². The number of halogens is 3. The van der Waals surface area contributed by atoms with Gasteiger partial charge in [0.1, 0.15) is 5.75 Å². The molecular weight excluding hydrogens is 297 g/mol. The third-order valence-corrected chi connectivity index (χ3v) is 1.79. The summed E-state index contributed by atoms with van der Waals surface area (Å²) in [6.45, 7) is 7.66. The molecule has 0 bridgehead atoms. The minimum Gasteiger partial charge on any atom is -0.406 e. The van der Waals surface area contributed by atoms with E-state index in [2.05, 4.69) is 9.73 Å². The second kappa shape index (κ2) is 7.88. The molecule has 0 heterocycles. The van der Waals surface area contributed by atoms with Crippen molar-refractivity contribution in [2.45, 2.75) is 46.1 Å². The molecule has 0 fully saturated rings. The fourth-order valence-electron chi connectivity index (χ4n) is 1.29. The van der Waals surface area contributed by atoms with Crippen LogP contribution in [-0.2, 0) is 6.54 Å². The first-order valence-corrected chi connectivity index (χ1v) is 6.47. The van der Waals surface area contributed by atoms with Crippen LogP contribution < -0.4 is 21.9 Å². The number of nitrogens with two attached hydrogens (primary N) is 3. The highest BCUT2D eigenvalue weighted by atomic mass is 19.4. The van der Waals surface area contributed by atoms with Crippen LogP contribution in [0.25, 0.3) is 0 Å². The van der Waals surface area contributed by atoms with Crippen molar-refractivity contribution in [3.05, 3.63) is 29.3 Å². The summed E-state index contributed by atoms with van der Waals surface area (Å²) in [6.07, 6.45) is -4.71. The number of ether oxygens (including phenoxy) is 1. The molecule has 0 saturated carbocycles. The Balaban J connectivity index is 0.000000763. The largest absolute Gasteiger partial charge is 0.573 e. The van der Waals surface area contributed by atoms with Gasteiger partial charge in [-0.05, 0) is 51.0 Å². The Morgan fingerprint density at radius 2 is 1.64 bits per heavy atom. The van der Waals surface area contributed by atoms with Crippen molar-refractivity contribution >= 4 is 5.96 Å². The minimum absolute atomic E-state index is 0. The van der Waals surface area contributed by atoms with Crippen LogP contribution in [0.3, 0.4) is 0 Å². The first kappa shape index (κ1) is 20.0. The van der Waals surface area contributed by atoms with E-state index >= 15 is 0 Å². The zero-order chi connectivity index (χ0) is 17.6. The van der Waals surface area contributed by atoms with Crippen molar-refractivity contribution in [2.75, 3.05) is 0 Å². The van der Waals surface area contributed by atoms with E-state index in [1.54, 1.807) is 13.0 Å². The summed E-state index contributed by atoms with van der Waals surface area (Å²) in [5.74, 6) is -0.400. The van der Waals surface area contributed by atoms with Gasteiger partial charge in [0, 0.05) is 5.54 Å². The number of rotatable bonds is 3. The lowest BCUT2D eigenvalue weighted by Crippen LogP contribution is -2.26. The van der Waals surface area contributed by atoms with Gasteiger partial charge in [0.2, 0.25) is 0 Å². The average Bonchev–Trinajstić information content (AvgIpc) is 2.20. The number of hydrogen-bond acceptors (Lipinski definition) is 3. The van der Waals surface area contributed by atoms with E-state index in [1.165, 1.54) is 12.1 Å². The van der Waals surface area contributed by atoms with Gasteiger partial charge in [-0.2, -0.15) is 0 Å². The fourth-order valence-corrected chi connectivity index (χ4v) is 1.29. The van der Waals surface area contributed by atoms with Gasteiger partial charge >= 0.3 is 6.36 Å². The molecule has 126 valence electrons. The van der Waals surface area contributed by atoms with Crippen molar-refractivity contribution < 1.29 is 17.9 Å². The highest BCUT2D eigenvalue weighted by Gasteiger charge is 2.31. The van der Waals surface area contributed by atoms with Gasteiger partial charge in [0.05, 0.1) is 6.54 Å². The number of alkyl halides is 3. The summed E-state index contributed by atoms with van der Waals surface area (Å²) in [7, 11) is 0. The van der Waals surface area contributed by atoms with Crippen LogP contribution in [0.1, 0.15) is 31.9 Å². The number of hydrogen-bond donors (Lipinski definition) is 3. The van der Waals surface area contributed by atoms with E-state index in [9.17, 15) is 13.2 Å². The van der Waals surface area contributed by atoms with Crippen molar-refractivity contribution in [1.29, 1.82) is 0 Å². The van der Waals surface area contributed by atoms with Crippen molar-refractivity contribution in [3.63, 3.8) is 0 Å². The molecule has 1 rings (SSSR count). The summed E-state index contributed by atoms with van der Waals surface area (Å²) >= 11 is 0. The molecule has 0 radical (unpaired) electrons. The molecule has 0 aliphatic rings. The smallest absolute Gasteiger partial charge is 0.406 e. The van der Waals surface area contributed by atoms with Crippen molar-refractivity contribution in [2.24, 2.45) is 22.2 Å². The SMILES string of the molecule is CC(C)(C)N.Cc1cc(CN=C(N)N)cc(OC(F)(F)F)c1. The van der Waals surface area contributed by atoms with E-state index in [-0.39, 0.29) is 23.8 Å². The first-order chi connectivity index (χ1) is 9.76. The second-order valence-corrected chi connectivity index (χ2v) is 5.81. The molecular formula is C14H23F3N4O. The molecule has 0 saturated heterocycles. The quantitative estimate of drug-likeness (QED) is 0.588. The molecule has 0 amide bonds. The maximum Gasteiger partial charge on any atom is 0.573 e. The zero-order valence-corrected chi connectivity index (χ0v) is 13.2. The maximum atomic E-state index is 12.0. The lowest BCUT2D eigenvalue weighted by Gasteiger charge is -2.10. The molecule has 0 atom stereocenters. The summed E-state index contributed by atoms with van der Waals surface area (Å²) in [4.78, 5) is 3.71. The predicted molar refractivity (Wildman–Crippen MR) is 81.3 cm³/mol. The van der Waals surface area contributed by atoms with E-state index < -0.39 is 6.36 Å². The van der Waals surface area contributed by atoms with Crippen LogP contribution in [-0.4, -0.2) is 17.9 Å². The topological polar surface area (TPSA) is 99.6 Å². The lowest BCUT2D eigenvalue weighted by atomic mass is 10.1. The van der Waals surface area contributed by atoms with E-state index in [1.807, 2.05) is 20.8 Å². The fraction of sp³-hybridized carbons (Fsp3) is 0.500. The van der Waals surface area contributed by atoms with Crippen LogP contribution in [0.5, 0.6) is 5.75 Å². The Hall–Kier alpha value is -1.96. The Bertz CT molecular complexity index is 498. The normalized spacial score (nSPS) is 11.3. The summed E-state index contributed by atoms with van der Waals surface area (Å²) in [5.41, 5.74) is 16.8. The molecule has 6 N–H and O–H groups in total. The Kier molecular flexibility index (Phi) is 7.18. The number of guanidine groups is 1. The van der Waals surface area contributed by atoms with E-state index in [0.29, 0.717) is 11.1 Å². The van der Waals surface area contributed by atoms with Crippen molar-refractivity contribution in [3.8, 4) is 5.75 Å². The molecule has 0 spiro atoms. The van der Waals surface area contributed by atoms with E-state index in [4.69, 9.17) is 17.2 Å². The van der Waals surface area contributed by atoms with Gasteiger partial charge in [-0.3, -0.25) is 0 Å².